The number of nitrogens with one attached hydrogen (secondary N) is 4. The molecule has 2 heterocycles. The number of hydrogen-bond acceptors (Lipinski definition) is 13. The molecule has 25 nitrogen and oxygen atoms in total. The van der Waals surface area contributed by atoms with Gasteiger partial charge in [0, 0.05) is 99.0 Å². The molecule has 2 aliphatic rings. The van der Waals surface area contributed by atoms with Gasteiger partial charge in [0.2, 0.25) is 70.9 Å². The van der Waals surface area contributed by atoms with Gasteiger partial charge in [-0.15, -0.1) is 0 Å². The normalized spacial score (nSPS) is 23.6. The molecule has 2 aliphatic heterocycles. The predicted molar refractivity (Wildman–Crippen MR) is 356 cm³/mol. The minimum Gasteiger partial charge on any atom is -0.385 e. The molecule has 4 rings (SSSR count). The Bertz CT molecular complexity index is 2890. The summed E-state index contributed by atoms with van der Waals surface area (Å²) in [6.45, 7) is 9.62. The van der Waals surface area contributed by atoms with E-state index in [1.165, 1.54) is 61.3 Å². The average Bonchev–Trinajstić information content (AvgIpc) is 0.893. The van der Waals surface area contributed by atoms with Crippen molar-refractivity contribution in [2.24, 2.45) is 11.8 Å². The minimum absolute atomic E-state index is 0.00426. The number of piperidine rings is 1. The Morgan fingerprint density at radius 3 is 1.76 bits per heavy atom. The molecular weight excluding hydrogens is 1300 g/mol. The van der Waals surface area contributed by atoms with Gasteiger partial charge < -0.3 is 65.2 Å². The van der Waals surface area contributed by atoms with Crippen LogP contribution in [0.2, 0.25) is 0 Å². The summed E-state index contributed by atoms with van der Waals surface area (Å²) in [5.74, 6) is -8.71. The summed E-state index contributed by atoms with van der Waals surface area (Å²) in [7, 11) is 11.1. The van der Waals surface area contributed by atoms with E-state index in [0.717, 1.165) is 45.0 Å². The monoisotopic (exact) mass is 1400 g/mol. The van der Waals surface area contributed by atoms with Gasteiger partial charge in [-0.05, 0) is 96.7 Å². The van der Waals surface area contributed by atoms with Crippen LogP contribution in [0.25, 0.3) is 0 Å². The zero-order valence-electron chi connectivity index (χ0n) is 56.5. The molecule has 4 N–H and O–H groups in total. The first-order chi connectivity index (χ1) is 43.4. The third-order valence-corrected chi connectivity index (χ3v) is 17.9. The number of methoxy groups -OCH3 is 1. The summed E-state index contributed by atoms with van der Waals surface area (Å²) >= 11 is 2.13. The highest BCUT2D eigenvalue weighted by atomic mass is 127. The predicted octanol–water partition coefficient (Wildman–Crippen LogP) is 2.37. The number of rotatable bonds is 15. The second-order valence-electron chi connectivity index (χ2n) is 25.2. The molecule has 510 valence electrons. The summed E-state index contributed by atoms with van der Waals surface area (Å²) in [5, 5.41) is 11.3. The topological polar surface area (TPSA) is 288 Å². The molecule has 2 fully saturated rings. The number of carbonyl (C=O) groups excluding carboxylic acids is 12. The van der Waals surface area contributed by atoms with Gasteiger partial charge in [0.25, 0.3) is 0 Å². The van der Waals surface area contributed by atoms with Gasteiger partial charge in [0.05, 0.1) is 32.6 Å². The van der Waals surface area contributed by atoms with Gasteiger partial charge in [-0.25, -0.2) is 0 Å². The molecule has 1 unspecified atom stereocenters. The molecule has 0 aromatic heterocycles. The molecule has 8 atom stereocenters. The second kappa shape index (κ2) is 37.5. The molecule has 0 radical (unpaired) electrons. The first-order valence-electron chi connectivity index (χ1n) is 32.0. The van der Waals surface area contributed by atoms with Crippen molar-refractivity contribution in [2.75, 3.05) is 102 Å². The fourth-order valence-electron chi connectivity index (χ4n) is 11.1. The summed E-state index contributed by atoms with van der Waals surface area (Å²) in [6, 6.07) is 5.81. The van der Waals surface area contributed by atoms with Crippen LogP contribution >= 0.6 is 22.6 Å². The third-order valence-electron chi connectivity index (χ3n) is 17.2. The van der Waals surface area contributed by atoms with Crippen molar-refractivity contribution in [1.29, 1.82) is 0 Å². The Morgan fingerprint density at radius 1 is 0.587 bits per heavy atom. The molecule has 26 heteroatoms. The van der Waals surface area contributed by atoms with E-state index in [0.29, 0.717) is 56.3 Å². The zero-order valence-corrected chi connectivity index (χ0v) is 58.7. The van der Waals surface area contributed by atoms with Crippen molar-refractivity contribution in [3.8, 4) is 0 Å². The first kappa shape index (κ1) is 77.2. The van der Waals surface area contributed by atoms with Gasteiger partial charge in [-0.3, -0.25) is 57.5 Å². The molecule has 0 aliphatic carbocycles. The smallest absolute Gasteiger partial charge is 0.245 e. The van der Waals surface area contributed by atoms with Crippen LogP contribution in [-0.4, -0.2) is 255 Å². The SMILES string of the molecule is CCCC[C@@H]1NC(=O)[C@H](Cc2cccc(I)c2)NC(=O)CN(C)C(=O)[C@H](Cc2ccc(C)cc2)N(C)C(=O)CN(C)C(=O)CN(C)C(=O)C([C@@H](C)CC)NC(=O)[C@H](CCOC)N(C)C(=O)C[C@@H](C(=O)N2CCCCC2)N(C)C(=O)[C@H](CC(C)C)NC(=O)CN(C)C1=O. The Morgan fingerprint density at radius 2 is 1.17 bits per heavy atom. The Balaban J connectivity index is 1.84. The number of halogens is 1. The van der Waals surface area contributed by atoms with Crippen molar-refractivity contribution >= 4 is 93.5 Å². The van der Waals surface area contributed by atoms with Gasteiger partial charge in [-0.1, -0.05) is 95.8 Å². The molecule has 0 bridgehead atoms. The van der Waals surface area contributed by atoms with Crippen LogP contribution in [0.4, 0.5) is 0 Å². The summed E-state index contributed by atoms with van der Waals surface area (Å²) < 4.78 is 6.23. The zero-order chi connectivity index (χ0) is 68.7. The molecular formula is C66H101IN12O13. The lowest BCUT2D eigenvalue weighted by atomic mass is 9.97. The number of likely N-dealkylation sites (N-methyl/N-ethyl adjacent to an activating group) is 7. The number of carbonyl (C=O) groups is 12. The molecule has 0 saturated carbocycles. The molecule has 2 saturated heterocycles. The van der Waals surface area contributed by atoms with Crippen LogP contribution < -0.4 is 21.3 Å². The van der Waals surface area contributed by atoms with Crippen molar-refractivity contribution in [3.05, 3.63) is 68.8 Å². The number of nitrogens with zero attached hydrogens (tertiary/aromatic N) is 8. The van der Waals surface area contributed by atoms with Crippen LogP contribution in [-0.2, 0) is 75.1 Å². The Kier molecular flexibility index (Phi) is 31.4. The standard InChI is InChI=1S/C66H101IN12O13/c1-15-17-24-48-62(87)73(8)38-55(81)69-50(33-42(3)4)63(88)78(13)53(65(90)79-30-19-18-20-31-79)37-56(82)76(11)51(29-32-92-14)61(86)71-59(44(6)16-2)66(91)75(10)40-57(83)72(7)41-58(84)77(12)52(36-45-27-25-43(5)26-28-45)64(89)74(9)39-54(80)68-49(60(85)70-48)35-46-22-21-23-47(67)34-46/h21-23,25-28,34,42,44,48-53,59H,15-20,24,29-33,35-41H2,1-14H3,(H,68,80)(H,69,81)(H,70,85)(H,71,86)/t44-,48-,49-,50-,51-,52-,53-,59?/m0/s1. The van der Waals surface area contributed by atoms with Crippen molar-refractivity contribution in [2.45, 2.75) is 161 Å². The van der Waals surface area contributed by atoms with Crippen LogP contribution in [0.15, 0.2) is 48.5 Å². The van der Waals surface area contributed by atoms with Gasteiger partial charge in [0.1, 0.15) is 42.3 Å². The quantitative estimate of drug-likeness (QED) is 0.187. The molecule has 2 aromatic rings. The highest BCUT2D eigenvalue weighted by Crippen LogP contribution is 2.21. The summed E-state index contributed by atoms with van der Waals surface area (Å²) in [4.78, 5) is 184. The molecule has 2 aromatic carbocycles. The second-order valence-corrected chi connectivity index (χ2v) is 26.4. The highest BCUT2D eigenvalue weighted by Gasteiger charge is 2.41. The van der Waals surface area contributed by atoms with Gasteiger partial charge in [-0.2, -0.15) is 0 Å². The van der Waals surface area contributed by atoms with E-state index in [1.807, 2.05) is 71.0 Å². The summed E-state index contributed by atoms with van der Waals surface area (Å²) in [5.41, 5.74) is 2.32. The lowest BCUT2D eigenvalue weighted by Gasteiger charge is -2.37. The van der Waals surface area contributed by atoms with E-state index in [1.54, 1.807) is 24.0 Å². The fourth-order valence-corrected chi connectivity index (χ4v) is 11.7. The fraction of sp³-hybridized carbons (Fsp3) is 0.636. The van der Waals surface area contributed by atoms with Crippen molar-refractivity contribution in [3.63, 3.8) is 0 Å². The Labute approximate surface area is 557 Å². The van der Waals surface area contributed by atoms with Crippen molar-refractivity contribution < 1.29 is 62.3 Å². The number of amides is 12. The van der Waals surface area contributed by atoms with Gasteiger partial charge >= 0.3 is 0 Å². The number of benzene rings is 2. The van der Waals surface area contributed by atoms with E-state index in [2.05, 4.69) is 43.9 Å². The maximum absolute atomic E-state index is 14.9. The lowest BCUT2D eigenvalue weighted by Crippen LogP contribution is -2.59. The maximum Gasteiger partial charge on any atom is 0.245 e. The molecule has 0 spiro atoms. The van der Waals surface area contributed by atoms with Crippen LogP contribution in [0.3, 0.4) is 0 Å². The van der Waals surface area contributed by atoms with Crippen LogP contribution in [0, 0.1) is 22.3 Å². The van der Waals surface area contributed by atoms with Crippen LogP contribution in [0.1, 0.15) is 116 Å². The Hall–Kier alpha value is -7.23. The van der Waals surface area contributed by atoms with E-state index in [9.17, 15) is 57.5 Å². The number of aryl methyl sites for hydroxylation is 1. The van der Waals surface area contributed by atoms with Crippen LogP contribution in [0.5, 0.6) is 0 Å². The minimum atomic E-state index is -1.40. The van der Waals surface area contributed by atoms with E-state index in [-0.39, 0.29) is 44.6 Å². The molecule has 92 heavy (non-hydrogen) atoms. The molecule has 12 amide bonds. The van der Waals surface area contributed by atoms with E-state index in [4.69, 9.17) is 4.74 Å². The summed E-state index contributed by atoms with van der Waals surface area (Å²) in [6.07, 6.45) is 3.38. The number of likely N-dealkylation sites (tertiary alicyclic amines) is 1. The van der Waals surface area contributed by atoms with E-state index >= 15 is 0 Å². The number of hydrogen-bond donors (Lipinski definition) is 4. The maximum atomic E-state index is 14.9. The lowest BCUT2D eigenvalue weighted by molar-refractivity contribution is -0.151. The van der Waals surface area contributed by atoms with E-state index < -0.39 is 152 Å². The van der Waals surface area contributed by atoms with Crippen molar-refractivity contribution in [1.82, 2.24) is 60.5 Å². The highest BCUT2D eigenvalue weighted by molar-refractivity contribution is 14.1. The largest absolute Gasteiger partial charge is 0.385 e. The average molecular weight is 1400 g/mol. The first-order valence-corrected chi connectivity index (χ1v) is 33.0. The van der Waals surface area contributed by atoms with Gasteiger partial charge in [0.15, 0.2) is 0 Å². The number of ether oxygens (including phenoxy) is 1. The third kappa shape index (κ3) is 23.1. The number of unbranched alkanes of at least 4 members (excludes halogenated alkanes) is 1.